The predicted molar refractivity (Wildman–Crippen MR) is 96.8 cm³/mol. The first-order chi connectivity index (χ1) is 12.1. The van der Waals surface area contributed by atoms with E-state index in [4.69, 9.17) is 18.9 Å². The van der Waals surface area contributed by atoms with E-state index in [0.29, 0.717) is 64.6 Å². The van der Waals surface area contributed by atoms with Crippen LogP contribution in [-0.2, 0) is 25.5 Å². The molecule has 0 fully saturated rings. The van der Waals surface area contributed by atoms with Crippen molar-refractivity contribution in [3.05, 3.63) is 11.9 Å². The molecule has 25 heavy (non-hydrogen) atoms. The number of ether oxygens (including phenoxy) is 4. The second-order valence-electron chi connectivity index (χ2n) is 6.69. The van der Waals surface area contributed by atoms with Crippen molar-refractivity contribution < 1.29 is 18.9 Å². The summed E-state index contributed by atoms with van der Waals surface area (Å²) < 4.78 is 23.7. The van der Waals surface area contributed by atoms with Gasteiger partial charge < -0.3 is 18.9 Å². The van der Waals surface area contributed by atoms with Gasteiger partial charge in [0, 0.05) is 12.8 Å². The summed E-state index contributed by atoms with van der Waals surface area (Å²) in [6, 6.07) is 0. The van der Waals surface area contributed by atoms with Crippen molar-refractivity contribution in [2.24, 2.45) is 5.92 Å². The third-order valence-corrected chi connectivity index (χ3v) is 3.57. The number of hydrogen-bond donors (Lipinski definition) is 0. The molecule has 0 N–H and O–H groups in total. The molecule has 0 saturated carbocycles. The number of rotatable bonds is 16. The Hall–Kier alpha value is -1.02. The zero-order chi connectivity index (χ0) is 18.3. The van der Waals surface area contributed by atoms with Crippen LogP contribution in [0.2, 0.25) is 0 Å². The molecule has 0 unspecified atom stereocenters. The van der Waals surface area contributed by atoms with E-state index in [0.717, 1.165) is 18.7 Å². The first-order valence-corrected chi connectivity index (χ1v) is 9.30. The molecule has 0 aliphatic rings. The zero-order valence-corrected chi connectivity index (χ0v) is 16.3. The Bertz CT molecular complexity index is 424. The Morgan fingerprint density at radius 1 is 0.800 bits per heavy atom. The van der Waals surface area contributed by atoms with Gasteiger partial charge in [-0.25, -0.2) is 4.68 Å². The van der Waals surface area contributed by atoms with Gasteiger partial charge in [0.1, 0.15) is 0 Å². The van der Waals surface area contributed by atoms with Crippen LogP contribution in [-0.4, -0.2) is 67.8 Å². The highest BCUT2D eigenvalue weighted by atomic mass is 16.6. The maximum Gasteiger partial charge on any atom is 0.0852 e. The van der Waals surface area contributed by atoms with Crippen LogP contribution in [0.25, 0.3) is 0 Å². The molecule has 1 aromatic rings. The zero-order valence-electron chi connectivity index (χ0n) is 16.3. The molecule has 0 amide bonds. The van der Waals surface area contributed by atoms with Gasteiger partial charge in [-0.3, -0.25) is 0 Å². The minimum atomic E-state index is 0.400. The molecular weight excluding hydrogens is 322 g/mol. The number of hydrogen-bond acceptors (Lipinski definition) is 6. The van der Waals surface area contributed by atoms with Crippen LogP contribution in [0.5, 0.6) is 0 Å². The molecule has 0 aromatic carbocycles. The van der Waals surface area contributed by atoms with Crippen molar-refractivity contribution in [2.75, 3.05) is 52.9 Å². The molecule has 146 valence electrons. The van der Waals surface area contributed by atoms with Crippen LogP contribution in [0.1, 0.15) is 45.7 Å². The Morgan fingerprint density at radius 2 is 1.32 bits per heavy atom. The lowest BCUT2D eigenvalue weighted by molar-refractivity contribution is -0.00365. The van der Waals surface area contributed by atoms with E-state index in [1.54, 1.807) is 0 Å². The highest BCUT2D eigenvalue weighted by Crippen LogP contribution is 2.08. The average Bonchev–Trinajstić information content (AvgIpc) is 3.04. The van der Waals surface area contributed by atoms with Gasteiger partial charge in [-0.15, -0.1) is 5.10 Å². The standard InChI is InChI=1S/C18H35N3O4/c1-16(2)5-7-22-9-11-24-13-14-25-12-10-23-8-6-21-15-18(17(3)4)19-20-21/h15-17H,5-14H2,1-4H3. The van der Waals surface area contributed by atoms with E-state index in [1.807, 2.05) is 10.9 Å². The molecule has 0 aliphatic heterocycles. The van der Waals surface area contributed by atoms with Gasteiger partial charge in [0.25, 0.3) is 0 Å². The Labute approximate surface area is 152 Å². The number of nitrogens with zero attached hydrogens (tertiary/aromatic N) is 3. The van der Waals surface area contributed by atoms with E-state index >= 15 is 0 Å². The van der Waals surface area contributed by atoms with E-state index in [9.17, 15) is 0 Å². The van der Waals surface area contributed by atoms with Crippen molar-refractivity contribution in [3.63, 3.8) is 0 Å². The molecular formula is C18H35N3O4. The summed E-state index contributed by atoms with van der Waals surface area (Å²) in [6.45, 7) is 14.3. The summed E-state index contributed by atoms with van der Waals surface area (Å²) in [5, 5.41) is 8.18. The lowest BCUT2D eigenvalue weighted by Gasteiger charge is -2.08. The van der Waals surface area contributed by atoms with Gasteiger partial charge in [0.05, 0.1) is 58.5 Å². The molecule has 0 spiro atoms. The second-order valence-corrected chi connectivity index (χ2v) is 6.69. The van der Waals surface area contributed by atoms with Crippen LogP contribution >= 0.6 is 0 Å². The topological polar surface area (TPSA) is 67.6 Å². The fraction of sp³-hybridized carbons (Fsp3) is 0.889. The fourth-order valence-electron chi connectivity index (χ4n) is 1.93. The number of aromatic nitrogens is 3. The molecule has 1 heterocycles. The quantitative estimate of drug-likeness (QED) is 0.424. The molecule has 0 radical (unpaired) electrons. The van der Waals surface area contributed by atoms with Crippen LogP contribution in [0.3, 0.4) is 0 Å². The van der Waals surface area contributed by atoms with Crippen molar-refractivity contribution in [1.29, 1.82) is 0 Å². The smallest absolute Gasteiger partial charge is 0.0852 e. The first kappa shape index (κ1) is 22.0. The lowest BCUT2D eigenvalue weighted by atomic mass is 10.1. The summed E-state index contributed by atoms with van der Waals surface area (Å²) in [5.74, 6) is 1.09. The summed E-state index contributed by atoms with van der Waals surface area (Å²) in [5.41, 5.74) is 1.01. The largest absolute Gasteiger partial charge is 0.379 e. The third kappa shape index (κ3) is 12.0. The van der Waals surface area contributed by atoms with Crippen LogP contribution < -0.4 is 0 Å². The fourth-order valence-corrected chi connectivity index (χ4v) is 1.93. The van der Waals surface area contributed by atoms with Crippen LogP contribution in [0.15, 0.2) is 6.20 Å². The van der Waals surface area contributed by atoms with Gasteiger partial charge in [-0.05, 0) is 18.3 Å². The summed E-state index contributed by atoms with van der Waals surface area (Å²) in [6.07, 6.45) is 3.06. The normalized spacial score (nSPS) is 11.8. The molecule has 7 heteroatoms. The predicted octanol–water partition coefficient (Wildman–Crippen LogP) is 2.51. The molecule has 0 bridgehead atoms. The Kier molecular flexibility index (Phi) is 12.5. The van der Waals surface area contributed by atoms with Gasteiger partial charge in [-0.1, -0.05) is 32.9 Å². The van der Waals surface area contributed by atoms with Crippen LogP contribution in [0, 0.1) is 5.92 Å². The SMILES string of the molecule is CC(C)CCOCCOCCOCCOCCn1cc(C(C)C)nn1. The Balaban J connectivity index is 1.80. The first-order valence-electron chi connectivity index (χ1n) is 9.30. The van der Waals surface area contributed by atoms with Crippen LogP contribution in [0.4, 0.5) is 0 Å². The third-order valence-electron chi connectivity index (χ3n) is 3.57. The van der Waals surface area contributed by atoms with Crippen molar-refractivity contribution >= 4 is 0 Å². The Morgan fingerprint density at radius 3 is 1.80 bits per heavy atom. The summed E-state index contributed by atoms with van der Waals surface area (Å²) in [7, 11) is 0. The van der Waals surface area contributed by atoms with E-state index < -0.39 is 0 Å². The maximum absolute atomic E-state index is 5.52. The highest BCUT2D eigenvalue weighted by molar-refractivity contribution is 4.97. The summed E-state index contributed by atoms with van der Waals surface area (Å²) >= 11 is 0. The van der Waals surface area contributed by atoms with Crippen molar-refractivity contribution in [3.8, 4) is 0 Å². The van der Waals surface area contributed by atoms with E-state index in [-0.39, 0.29) is 0 Å². The molecule has 1 aromatic heterocycles. The molecule has 0 atom stereocenters. The summed E-state index contributed by atoms with van der Waals surface area (Å²) in [4.78, 5) is 0. The van der Waals surface area contributed by atoms with Gasteiger partial charge in [0.2, 0.25) is 0 Å². The lowest BCUT2D eigenvalue weighted by Crippen LogP contribution is -2.13. The minimum absolute atomic E-state index is 0.400. The monoisotopic (exact) mass is 357 g/mol. The maximum atomic E-state index is 5.52. The molecule has 7 nitrogen and oxygen atoms in total. The van der Waals surface area contributed by atoms with Gasteiger partial charge in [-0.2, -0.15) is 0 Å². The van der Waals surface area contributed by atoms with E-state index in [1.165, 1.54) is 0 Å². The highest BCUT2D eigenvalue weighted by Gasteiger charge is 2.04. The molecule has 1 rings (SSSR count). The molecule has 0 saturated heterocycles. The van der Waals surface area contributed by atoms with Crippen molar-refractivity contribution in [2.45, 2.75) is 46.6 Å². The van der Waals surface area contributed by atoms with E-state index in [2.05, 4.69) is 38.0 Å². The van der Waals surface area contributed by atoms with Gasteiger partial charge in [0.15, 0.2) is 0 Å². The average molecular weight is 357 g/mol. The van der Waals surface area contributed by atoms with Crippen molar-refractivity contribution in [1.82, 2.24) is 15.0 Å². The van der Waals surface area contributed by atoms with Gasteiger partial charge >= 0.3 is 0 Å². The minimum Gasteiger partial charge on any atom is -0.379 e. The second kappa shape index (κ2) is 14.2. The molecule has 0 aliphatic carbocycles.